The van der Waals surface area contributed by atoms with Crippen molar-refractivity contribution in [1.29, 1.82) is 0 Å². The van der Waals surface area contributed by atoms with Gasteiger partial charge in [-0.3, -0.25) is 14.2 Å². The van der Waals surface area contributed by atoms with Gasteiger partial charge in [-0.05, 0) is 24.5 Å². The number of rotatable bonds is 5. The standard InChI is InChI=1S/C23H27FN6O6/c24-29-14-30(27-17(29)12-31)16-4-2-1-3-15(16)11-25-20(33)18-19(32)21(34)28-7-10-36-13-23(22(28)26-18)5-8-35-9-6-23/h1-4,31-32H,5-14H2,(H,25,33). The first kappa shape index (κ1) is 24.2. The van der Waals surface area contributed by atoms with Crippen molar-refractivity contribution in [2.75, 3.05) is 44.7 Å². The molecule has 1 aromatic carbocycles. The van der Waals surface area contributed by atoms with Crippen molar-refractivity contribution >= 4 is 17.4 Å². The number of carbonyl (C=O) groups is 1. The fourth-order valence-electron chi connectivity index (χ4n) is 4.76. The summed E-state index contributed by atoms with van der Waals surface area (Å²) in [5, 5.41) is 28.3. The number of para-hydroxylation sites is 1. The lowest BCUT2D eigenvalue weighted by atomic mass is 9.80. The second-order valence-corrected chi connectivity index (χ2v) is 8.92. The zero-order chi connectivity index (χ0) is 25.3. The van der Waals surface area contributed by atoms with Crippen LogP contribution in [0.3, 0.4) is 0 Å². The van der Waals surface area contributed by atoms with Crippen molar-refractivity contribution in [2.45, 2.75) is 31.3 Å². The number of nitrogens with one attached hydrogen (secondary N) is 1. The average molecular weight is 503 g/mol. The number of aliphatic hydroxyl groups excluding tert-OH is 1. The summed E-state index contributed by atoms with van der Waals surface area (Å²) in [4.78, 5) is 30.7. The van der Waals surface area contributed by atoms with Crippen LogP contribution in [-0.4, -0.2) is 76.3 Å². The van der Waals surface area contributed by atoms with Gasteiger partial charge in [-0.1, -0.05) is 22.7 Å². The number of amidine groups is 1. The fourth-order valence-corrected chi connectivity index (χ4v) is 4.76. The van der Waals surface area contributed by atoms with Crippen LogP contribution >= 0.6 is 0 Å². The van der Waals surface area contributed by atoms with Gasteiger partial charge in [0.25, 0.3) is 11.5 Å². The Morgan fingerprint density at radius 3 is 2.72 bits per heavy atom. The summed E-state index contributed by atoms with van der Waals surface area (Å²) >= 11 is 0. The first-order valence-corrected chi connectivity index (χ1v) is 11.7. The van der Waals surface area contributed by atoms with Crippen LogP contribution in [0.5, 0.6) is 5.75 Å². The lowest BCUT2D eigenvalue weighted by Gasteiger charge is -2.35. The van der Waals surface area contributed by atoms with Crippen LogP contribution in [0.4, 0.5) is 10.2 Å². The number of anilines is 1. The molecule has 0 radical (unpaired) electrons. The van der Waals surface area contributed by atoms with Gasteiger partial charge < -0.3 is 25.0 Å². The van der Waals surface area contributed by atoms with Crippen molar-refractivity contribution in [2.24, 2.45) is 5.10 Å². The summed E-state index contributed by atoms with van der Waals surface area (Å²) in [5.74, 6) is -1.15. The first-order chi connectivity index (χ1) is 17.4. The van der Waals surface area contributed by atoms with E-state index in [-0.39, 0.29) is 31.3 Å². The van der Waals surface area contributed by atoms with Crippen LogP contribution in [-0.2, 0) is 28.0 Å². The molecule has 4 heterocycles. The van der Waals surface area contributed by atoms with E-state index in [9.17, 15) is 24.3 Å². The highest BCUT2D eigenvalue weighted by molar-refractivity contribution is 5.94. The average Bonchev–Trinajstić information content (AvgIpc) is 3.19. The van der Waals surface area contributed by atoms with Crippen LogP contribution in [0.1, 0.15) is 34.7 Å². The van der Waals surface area contributed by atoms with Gasteiger partial charge in [0.2, 0.25) is 5.75 Å². The molecule has 5 rings (SSSR count). The maximum absolute atomic E-state index is 13.9. The lowest BCUT2D eigenvalue weighted by Crippen LogP contribution is -2.43. The minimum absolute atomic E-state index is 0.00338. The molecule has 13 heteroatoms. The Balaban J connectivity index is 1.42. The van der Waals surface area contributed by atoms with E-state index in [1.807, 2.05) is 0 Å². The summed E-state index contributed by atoms with van der Waals surface area (Å²) in [6.07, 6.45) is 1.16. The number of hydrogen-bond acceptors (Lipinski definition) is 10. The Hall–Kier alpha value is -3.55. The molecule has 0 atom stereocenters. The van der Waals surface area contributed by atoms with Crippen molar-refractivity contribution in [3.63, 3.8) is 0 Å². The molecule has 1 fully saturated rings. The third kappa shape index (κ3) is 4.29. The van der Waals surface area contributed by atoms with Gasteiger partial charge in [0, 0.05) is 19.8 Å². The predicted octanol–water partition coefficient (Wildman–Crippen LogP) is 0.227. The third-order valence-electron chi connectivity index (χ3n) is 6.75. The Kier molecular flexibility index (Phi) is 6.60. The second-order valence-electron chi connectivity index (χ2n) is 8.92. The van der Waals surface area contributed by atoms with Gasteiger partial charge >= 0.3 is 0 Å². The molecule has 3 aliphatic heterocycles. The van der Waals surface area contributed by atoms with E-state index in [0.717, 1.165) is 0 Å². The van der Waals surface area contributed by atoms with Gasteiger partial charge in [-0.2, -0.15) is 10.2 Å². The minimum Gasteiger partial charge on any atom is -0.501 e. The van der Waals surface area contributed by atoms with E-state index in [2.05, 4.69) is 15.4 Å². The zero-order valence-corrected chi connectivity index (χ0v) is 19.5. The maximum Gasteiger partial charge on any atom is 0.296 e. The number of carbonyl (C=O) groups excluding carboxylic acids is 1. The SMILES string of the molecule is O=C(NCc1ccccc1N1CN(F)C(CO)=N1)c1nc2n(c(=O)c1O)CCOCC21CCOCC1. The quantitative estimate of drug-likeness (QED) is 0.490. The highest BCUT2D eigenvalue weighted by atomic mass is 19.2. The van der Waals surface area contributed by atoms with E-state index in [4.69, 9.17) is 9.47 Å². The van der Waals surface area contributed by atoms with E-state index >= 15 is 0 Å². The number of amides is 1. The Morgan fingerprint density at radius 1 is 1.19 bits per heavy atom. The number of nitrogens with zero attached hydrogens (tertiary/aromatic N) is 5. The smallest absolute Gasteiger partial charge is 0.296 e. The molecule has 0 unspecified atom stereocenters. The zero-order valence-electron chi connectivity index (χ0n) is 19.5. The van der Waals surface area contributed by atoms with Crippen LogP contribution in [0.15, 0.2) is 34.2 Å². The van der Waals surface area contributed by atoms with E-state index in [1.54, 1.807) is 24.3 Å². The third-order valence-corrected chi connectivity index (χ3v) is 6.75. The molecule has 3 aliphatic rings. The molecule has 3 N–H and O–H groups in total. The molecule has 0 bridgehead atoms. The molecule has 12 nitrogen and oxygen atoms in total. The fraction of sp³-hybridized carbons (Fsp3) is 0.478. The molecule has 192 valence electrons. The minimum atomic E-state index is -0.724. The monoisotopic (exact) mass is 502 g/mol. The number of aliphatic hydroxyl groups is 1. The van der Waals surface area contributed by atoms with Gasteiger partial charge in [-0.25, -0.2) is 9.99 Å². The van der Waals surface area contributed by atoms with E-state index in [0.29, 0.717) is 61.5 Å². The van der Waals surface area contributed by atoms with Crippen LogP contribution < -0.4 is 15.9 Å². The number of ether oxygens (including phenoxy) is 2. The Morgan fingerprint density at radius 2 is 1.97 bits per heavy atom. The Labute approximate surface area is 205 Å². The first-order valence-electron chi connectivity index (χ1n) is 11.7. The van der Waals surface area contributed by atoms with Crippen LogP contribution in [0, 0.1) is 0 Å². The van der Waals surface area contributed by atoms with Gasteiger partial charge in [-0.15, -0.1) is 0 Å². The number of halogens is 1. The topological polar surface area (TPSA) is 142 Å². The van der Waals surface area contributed by atoms with Gasteiger partial charge in [0.05, 0.1) is 30.9 Å². The van der Waals surface area contributed by atoms with Crippen molar-refractivity contribution in [1.82, 2.24) is 20.0 Å². The number of hydrogen-bond donors (Lipinski definition) is 3. The molecule has 1 amide bonds. The summed E-state index contributed by atoms with van der Waals surface area (Å²) in [5.41, 5.74) is -0.482. The molecule has 0 aliphatic carbocycles. The molecular weight excluding hydrogens is 475 g/mol. The highest BCUT2D eigenvalue weighted by Crippen LogP contribution is 2.35. The summed E-state index contributed by atoms with van der Waals surface area (Å²) in [6, 6.07) is 6.94. The summed E-state index contributed by atoms with van der Waals surface area (Å²) in [7, 11) is 0. The highest BCUT2D eigenvalue weighted by Gasteiger charge is 2.41. The van der Waals surface area contributed by atoms with Crippen LogP contribution in [0.2, 0.25) is 0 Å². The van der Waals surface area contributed by atoms with Crippen molar-refractivity contribution in [3.05, 3.63) is 51.7 Å². The molecule has 0 saturated carbocycles. The second kappa shape index (κ2) is 9.84. The number of benzene rings is 1. The number of aromatic nitrogens is 2. The molecule has 36 heavy (non-hydrogen) atoms. The van der Waals surface area contributed by atoms with Gasteiger partial charge in [0.1, 0.15) is 19.1 Å². The molecular formula is C23H27FN6O6. The number of hydrazone groups is 1. The molecule has 1 spiro atoms. The van der Waals surface area contributed by atoms with Crippen molar-refractivity contribution < 1.29 is 29.0 Å². The van der Waals surface area contributed by atoms with Crippen LogP contribution in [0.25, 0.3) is 0 Å². The predicted molar refractivity (Wildman–Crippen MR) is 125 cm³/mol. The number of fused-ring (bicyclic) bond motifs is 2. The summed E-state index contributed by atoms with van der Waals surface area (Å²) in [6.45, 7) is 1.07. The molecule has 2 aromatic rings. The van der Waals surface area contributed by atoms with E-state index in [1.165, 1.54) is 9.58 Å². The van der Waals surface area contributed by atoms with E-state index < -0.39 is 29.2 Å². The maximum atomic E-state index is 13.9. The van der Waals surface area contributed by atoms with Gasteiger partial charge in [0.15, 0.2) is 11.5 Å². The molecule has 1 saturated heterocycles. The Bertz CT molecular complexity index is 1240. The lowest BCUT2D eigenvalue weighted by molar-refractivity contribution is 0.00413. The largest absolute Gasteiger partial charge is 0.501 e. The normalized spacial score (nSPS) is 19.1. The van der Waals surface area contributed by atoms with Crippen molar-refractivity contribution in [3.8, 4) is 5.75 Å². The number of aromatic hydroxyl groups is 1. The summed E-state index contributed by atoms with van der Waals surface area (Å²) < 4.78 is 26.6. The molecule has 1 aromatic heterocycles.